The van der Waals surface area contributed by atoms with Crippen LogP contribution in [0.1, 0.15) is 41.5 Å². The van der Waals surface area contributed by atoms with Crippen LogP contribution in [0.15, 0.2) is 60.9 Å². The number of nitrogen functional groups attached to an aromatic ring is 3. The summed E-state index contributed by atoms with van der Waals surface area (Å²) in [5.41, 5.74) is 16.8. The van der Waals surface area contributed by atoms with Crippen LogP contribution in [-0.4, -0.2) is 33.4 Å². The Morgan fingerprint density at radius 1 is 0.684 bits per heavy atom. The summed E-state index contributed by atoms with van der Waals surface area (Å²) >= 11 is 0. The predicted molar refractivity (Wildman–Crippen MR) is 152 cm³/mol. The Balaban J connectivity index is 0.000000275. The van der Waals surface area contributed by atoms with Gasteiger partial charge >= 0.3 is 12.2 Å². The molecule has 0 saturated carbocycles. The Bertz CT molecular complexity index is 1450. The molecule has 38 heavy (non-hydrogen) atoms. The van der Waals surface area contributed by atoms with Crippen molar-refractivity contribution < 1.29 is 19.1 Å². The summed E-state index contributed by atoms with van der Waals surface area (Å²) in [5.74, 6) is 0.679. The minimum Gasteiger partial charge on any atom is -0.443 e. The summed E-state index contributed by atoms with van der Waals surface area (Å²) in [6.45, 7) is 10.3. The van der Waals surface area contributed by atoms with Gasteiger partial charge in [-0.3, -0.25) is 0 Å². The third kappa shape index (κ3) is 7.22. The van der Waals surface area contributed by atoms with E-state index in [4.69, 9.17) is 26.7 Å². The number of aromatic nitrogens is 2. The molecule has 0 fully saturated rings. The van der Waals surface area contributed by atoms with Gasteiger partial charge in [-0.1, -0.05) is 0 Å². The quantitative estimate of drug-likeness (QED) is 0.261. The number of anilines is 4. The molecular weight excluding hydrogens is 484 g/mol. The van der Waals surface area contributed by atoms with Crippen molar-refractivity contribution in [3.63, 3.8) is 0 Å². The Labute approximate surface area is 221 Å². The number of ether oxygens (including phenoxy) is 2. The topological polar surface area (TPSA) is 160 Å². The third-order valence-corrected chi connectivity index (χ3v) is 4.95. The van der Waals surface area contributed by atoms with E-state index in [0.717, 1.165) is 26.7 Å². The summed E-state index contributed by atoms with van der Waals surface area (Å²) < 4.78 is 10.8. The Morgan fingerprint density at radius 3 is 1.63 bits per heavy atom. The van der Waals surface area contributed by atoms with Crippen LogP contribution < -0.4 is 22.1 Å². The first kappa shape index (κ1) is 28.0. The molecule has 6 N–H and O–H groups in total. The van der Waals surface area contributed by atoms with Gasteiger partial charge in [-0.25, -0.2) is 19.6 Å². The monoisotopic (exact) mass is 518 g/mol. The first-order valence-corrected chi connectivity index (χ1v) is 11.9. The molecule has 0 aliphatic heterocycles. The first-order valence-electron chi connectivity index (χ1n) is 11.9. The maximum atomic E-state index is 12.7. The third-order valence-electron chi connectivity index (χ3n) is 4.95. The van der Waals surface area contributed by atoms with E-state index in [0.29, 0.717) is 16.9 Å². The zero-order valence-electron chi connectivity index (χ0n) is 22.5. The van der Waals surface area contributed by atoms with E-state index in [-0.39, 0.29) is 5.82 Å². The van der Waals surface area contributed by atoms with E-state index in [1.165, 1.54) is 6.20 Å². The predicted octanol–water partition coefficient (Wildman–Crippen LogP) is 5.89. The molecule has 0 spiro atoms. The highest BCUT2D eigenvalue weighted by Gasteiger charge is 2.34. The molecule has 0 atom stereocenters. The van der Waals surface area contributed by atoms with E-state index >= 15 is 0 Å². The van der Waals surface area contributed by atoms with Crippen LogP contribution in [0.5, 0.6) is 0 Å². The summed E-state index contributed by atoms with van der Waals surface area (Å²) in [4.78, 5) is 34.5. The second-order valence-corrected chi connectivity index (χ2v) is 10.6. The largest absolute Gasteiger partial charge is 0.443 e. The highest BCUT2D eigenvalue weighted by atomic mass is 16.6. The molecule has 0 aliphatic rings. The number of pyridine rings is 2. The van der Waals surface area contributed by atoms with Crippen LogP contribution in [0.3, 0.4) is 0 Å². The fourth-order valence-electron chi connectivity index (χ4n) is 3.44. The second-order valence-electron chi connectivity index (χ2n) is 10.6. The number of fused-ring (bicyclic) bond motifs is 2. The van der Waals surface area contributed by atoms with E-state index in [9.17, 15) is 9.59 Å². The van der Waals surface area contributed by atoms with Gasteiger partial charge in [-0.15, -0.1) is 0 Å². The molecule has 0 aliphatic carbocycles. The van der Waals surface area contributed by atoms with Crippen molar-refractivity contribution in [3.8, 4) is 0 Å². The number of amides is 2. The number of carbonyl (C=O) groups excluding carboxylic acids is 2. The lowest BCUT2D eigenvalue weighted by molar-refractivity contribution is 0.0429. The van der Waals surface area contributed by atoms with E-state index < -0.39 is 23.4 Å². The van der Waals surface area contributed by atoms with Gasteiger partial charge in [0.1, 0.15) is 17.0 Å². The summed E-state index contributed by atoms with van der Waals surface area (Å²) in [5, 5.41) is 3.31. The van der Waals surface area contributed by atoms with Crippen LogP contribution in [-0.2, 0) is 9.47 Å². The molecule has 0 radical (unpaired) electrons. The first-order chi connectivity index (χ1) is 17.6. The van der Waals surface area contributed by atoms with Gasteiger partial charge in [0.15, 0.2) is 5.82 Å². The molecule has 10 heteroatoms. The number of imide groups is 1. The lowest BCUT2D eigenvalue weighted by Crippen LogP contribution is -2.44. The molecule has 4 rings (SSSR count). The number of nitrogens with zero attached hydrogens (tertiary/aromatic N) is 3. The van der Waals surface area contributed by atoms with Crippen LogP contribution >= 0.6 is 0 Å². The molecule has 4 aromatic rings. The smallest absolute Gasteiger partial charge is 0.425 e. The number of nitrogens with two attached hydrogens (primary N) is 3. The minimum atomic E-state index is -0.858. The van der Waals surface area contributed by atoms with Crippen LogP contribution in [0.25, 0.3) is 21.5 Å². The fraction of sp³-hybridized carbons (Fsp3) is 0.286. The van der Waals surface area contributed by atoms with Crippen molar-refractivity contribution in [1.82, 2.24) is 9.97 Å². The Hall–Kier alpha value is -4.60. The zero-order valence-corrected chi connectivity index (χ0v) is 22.5. The number of hydrogen-bond acceptors (Lipinski definition) is 9. The molecule has 2 heterocycles. The zero-order chi connectivity index (χ0) is 28.3. The summed E-state index contributed by atoms with van der Waals surface area (Å²) in [7, 11) is 0. The molecule has 0 unspecified atom stereocenters. The average molecular weight is 519 g/mol. The van der Waals surface area contributed by atoms with Crippen molar-refractivity contribution in [2.75, 3.05) is 22.1 Å². The fourth-order valence-corrected chi connectivity index (χ4v) is 3.44. The lowest BCUT2D eigenvalue weighted by atomic mass is 10.1. The Morgan fingerprint density at radius 2 is 1.13 bits per heavy atom. The molecule has 0 bridgehead atoms. The molecule has 0 saturated heterocycles. The molecular formula is C28H34N6O4. The molecule has 2 aromatic carbocycles. The second kappa shape index (κ2) is 10.8. The highest BCUT2D eigenvalue weighted by molar-refractivity contribution is 6.14. The van der Waals surface area contributed by atoms with Gasteiger partial charge in [0.05, 0.1) is 0 Å². The van der Waals surface area contributed by atoms with Crippen molar-refractivity contribution >= 4 is 56.7 Å². The minimum absolute atomic E-state index is 0.131. The van der Waals surface area contributed by atoms with Crippen LogP contribution in [0.4, 0.5) is 32.6 Å². The van der Waals surface area contributed by atoms with Gasteiger partial charge in [0, 0.05) is 34.5 Å². The highest BCUT2D eigenvalue weighted by Crippen LogP contribution is 2.29. The Kier molecular flexibility index (Phi) is 7.95. The van der Waals surface area contributed by atoms with E-state index in [1.54, 1.807) is 72.0 Å². The van der Waals surface area contributed by atoms with Crippen LogP contribution in [0, 0.1) is 0 Å². The number of rotatable bonds is 1. The number of benzene rings is 2. The summed E-state index contributed by atoms with van der Waals surface area (Å²) in [6, 6.07) is 14.3. The molecule has 200 valence electrons. The van der Waals surface area contributed by atoms with Gasteiger partial charge in [-0.2, -0.15) is 4.90 Å². The average Bonchev–Trinajstić information content (AvgIpc) is 2.77. The normalized spacial score (nSPS) is 11.4. The standard InChI is InChI=1S/C19H25N3O4.C9H9N3/c1-18(2,3)25-16(23)22(17(24)26-19(4,5)6)15-14-8-7-13(20)11-12(14)9-10-21-15;10-7-1-2-8-6(5-7)3-4-12-9(8)11/h7-11H,20H2,1-6H3;1-5H,10H2,(H2,11,12). The van der Waals surface area contributed by atoms with Crippen molar-refractivity contribution in [2.24, 2.45) is 0 Å². The maximum absolute atomic E-state index is 12.7. The summed E-state index contributed by atoms with van der Waals surface area (Å²) in [6.07, 6.45) is 1.46. The van der Waals surface area contributed by atoms with E-state index in [2.05, 4.69) is 9.97 Å². The lowest BCUT2D eigenvalue weighted by Gasteiger charge is -2.28. The van der Waals surface area contributed by atoms with Crippen molar-refractivity contribution in [3.05, 3.63) is 60.9 Å². The van der Waals surface area contributed by atoms with Gasteiger partial charge in [0.25, 0.3) is 0 Å². The maximum Gasteiger partial charge on any atom is 0.425 e. The van der Waals surface area contributed by atoms with Crippen LogP contribution in [0.2, 0.25) is 0 Å². The van der Waals surface area contributed by atoms with Gasteiger partial charge < -0.3 is 26.7 Å². The SMILES string of the molecule is CC(C)(C)OC(=O)N(C(=O)OC(C)(C)C)c1nccc2cc(N)ccc12.Nc1ccc2c(N)nccc2c1. The number of hydrogen-bond donors (Lipinski definition) is 3. The van der Waals surface area contributed by atoms with Crippen molar-refractivity contribution in [1.29, 1.82) is 0 Å². The van der Waals surface area contributed by atoms with E-state index in [1.807, 2.05) is 24.3 Å². The van der Waals surface area contributed by atoms with Gasteiger partial charge in [-0.05, 0) is 101 Å². The molecule has 2 amide bonds. The van der Waals surface area contributed by atoms with Gasteiger partial charge in [0.2, 0.25) is 0 Å². The number of carbonyl (C=O) groups is 2. The molecule has 10 nitrogen and oxygen atoms in total. The molecule has 2 aromatic heterocycles. The van der Waals surface area contributed by atoms with Crippen molar-refractivity contribution in [2.45, 2.75) is 52.7 Å².